The van der Waals surface area contributed by atoms with Crippen LogP contribution in [0.25, 0.3) is 43.9 Å². The molecule has 14 rings (SSSR count). The maximum atomic E-state index is 6.49. The predicted octanol–water partition coefficient (Wildman–Crippen LogP) is 9.58. The Morgan fingerprint density at radius 3 is 1.59 bits per heavy atom. The summed E-state index contributed by atoms with van der Waals surface area (Å²) in [6.45, 7) is 7.99. The van der Waals surface area contributed by atoms with Gasteiger partial charge in [0.2, 0.25) is 0 Å². The molecule has 6 aliphatic rings. The summed E-state index contributed by atoms with van der Waals surface area (Å²) in [4.78, 5) is 26.2. The second-order valence-corrected chi connectivity index (χ2v) is 21.0. The van der Waals surface area contributed by atoms with Gasteiger partial charge in [-0.25, -0.2) is 19.9 Å². The van der Waals surface area contributed by atoms with Crippen LogP contribution in [0.5, 0.6) is 11.5 Å². The highest BCUT2D eigenvalue weighted by molar-refractivity contribution is 6.33. The van der Waals surface area contributed by atoms with E-state index in [1.807, 2.05) is 88.6 Å². The van der Waals surface area contributed by atoms with Crippen molar-refractivity contribution in [3.05, 3.63) is 115 Å². The van der Waals surface area contributed by atoms with E-state index in [0.29, 0.717) is 11.0 Å². The molecule has 4 saturated carbocycles. The summed E-state index contributed by atoms with van der Waals surface area (Å²) in [6.07, 6.45) is 16.6. The maximum Gasteiger partial charge on any atom is 0.163 e. The van der Waals surface area contributed by atoms with Crippen molar-refractivity contribution >= 4 is 61.3 Å². The first kappa shape index (κ1) is 42.2. The van der Waals surface area contributed by atoms with Gasteiger partial charge in [-0.15, -0.1) is 0 Å². The monoisotopic (exact) mass is 933 g/mol. The number of nitrogens with two attached hydrogens (primary N) is 1. The molecule has 6 aromatic heterocycles. The summed E-state index contributed by atoms with van der Waals surface area (Å²) in [5.74, 6) is 0.993. The fourth-order valence-corrected chi connectivity index (χ4v) is 12.8. The molecule has 2 N–H and O–H groups in total. The molecule has 8 heterocycles. The van der Waals surface area contributed by atoms with E-state index >= 15 is 0 Å². The van der Waals surface area contributed by atoms with Crippen molar-refractivity contribution < 1.29 is 28.4 Å². The van der Waals surface area contributed by atoms with Crippen LogP contribution in [0.1, 0.15) is 78.3 Å². The zero-order chi connectivity index (χ0) is 46.2. The fourth-order valence-electron chi connectivity index (χ4n) is 12.6. The van der Waals surface area contributed by atoms with E-state index in [-0.39, 0.29) is 59.5 Å². The van der Waals surface area contributed by atoms with Gasteiger partial charge in [-0.1, -0.05) is 23.7 Å². The van der Waals surface area contributed by atoms with Gasteiger partial charge >= 0.3 is 0 Å². The number of pyridine rings is 2. The molecule has 6 atom stereocenters. The van der Waals surface area contributed by atoms with Crippen molar-refractivity contribution in [1.29, 1.82) is 0 Å². The highest BCUT2D eigenvalue weighted by Gasteiger charge is 2.68. The van der Waals surface area contributed by atoms with Gasteiger partial charge in [0.15, 0.2) is 11.6 Å². The van der Waals surface area contributed by atoms with Crippen LogP contribution in [0.15, 0.2) is 110 Å². The smallest absolute Gasteiger partial charge is 0.163 e. The molecule has 0 amide bonds. The molecule has 4 aliphatic carbocycles. The van der Waals surface area contributed by atoms with Crippen LogP contribution in [0.4, 0.5) is 5.82 Å². The third-order valence-corrected chi connectivity index (χ3v) is 15.8. The third kappa shape index (κ3) is 6.91. The first-order valence-electron chi connectivity index (χ1n) is 23.6. The highest BCUT2D eigenvalue weighted by Crippen LogP contribution is 2.64. The predicted molar refractivity (Wildman–Crippen MR) is 255 cm³/mol. The first-order valence-corrected chi connectivity index (χ1v) is 24.0. The molecule has 16 heteroatoms. The van der Waals surface area contributed by atoms with Crippen molar-refractivity contribution in [3.8, 4) is 11.5 Å². The molecule has 6 fully saturated rings. The number of fused-ring (bicyclic) bond motifs is 8. The number of halogens is 1. The lowest BCUT2D eigenvalue weighted by Gasteiger charge is -2.48. The molecule has 0 unspecified atom stereocenters. The van der Waals surface area contributed by atoms with Crippen LogP contribution in [0.2, 0.25) is 5.15 Å². The Labute approximate surface area is 397 Å². The summed E-state index contributed by atoms with van der Waals surface area (Å²) >= 11 is 6.32. The summed E-state index contributed by atoms with van der Waals surface area (Å²) in [5.41, 5.74) is 9.70. The highest BCUT2D eigenvalue weighted by atomic mass is 35.5. The molecule has 68 heavy (non-hydrogen) atoms. The van der Waals surface area contributed by atoms with Crippen LogP contribution < -0.4 is 15.2 Å². The molecule has 2 aromatic carbocycles. The normalized spacial score (nSPS) is 31.7. The minimum absolute atomic E-state index is 0.0102. The van der Waals surface area contributed by atoms with E-state index in [0.717, 1.165) is 93.9 Å². The molecule has 0 radical (unpaired) electrons. The van der Waals surface area contributed by atoms with Crippen molar-refractivity contribution in [2.24, 2.45) is 10.8 Å². The lowest BCUT2D eigenvalue weighted by molar-refractivity contribution is -0.186. The number of nitrogen functional groups attached to an aromatic ring is 1. The minimum atomic E-state index is -0.619. The van der Waals surface area contributed by atoms with Crippen LogP contribution >= 0.6 is 11.6 Å². The molecule has 8 aromatic rings. The van der Waals surface area contributed by atoms with Gasteiger partial charge in [-0.05, 0) is 115 Å². The molecule has 2 saturated heterocycles. The van der Waals surface area contributed by atoms with E-state index < -0.39 is 11.6 Å². The number of benzene rings is 2. The zero-order valence-electron chi connectivity index (χ0n) is 38.2. The van der Waals surface area contributed by atoms with Gasteiger partial charge in [-0.2, -0.15) is 0 Å². The lowest BCUT2D eigenvalue weighted by atomic mass is 9.64. The van der Waals surface area contributed by atoms with E-state index in [1.165, 1.54) is 12.7 Å². The van der Waals surface area contributed by atoms with Gasteiger partial charge < -0.3 is 43.3 Å². The molecular weight excluding hydrogens is 882 g/mol. The van der Waals surface area contributed by atoms with Gasteiger partial charge in [0, 0.05) is 58.5 Å². The van der Waals surface area contributed by atoms with Crippen LogP contribution in [0, 0.1) is 10.8 Å². The largest absolute Gasteiger partial charge is 0.490 e. The van der Waals surface area contributed by atoms with Crippen molar-refractivity contribution in [3.63, 3.8) is 0 Å². The Morgan fingerprint density at radius 1 is 0.574 bits per heavy atom. The average Bonchev–Trinajstić information content (AvgIpc) is 4.15. The summed E-state index contributed by atoms with van der Waals surface area (Å²) in [5, 5.41) is 4.43. The Balaban J connectivity index is 0.000000134. The lowest BCUT2D eigenvalue weighted by Crippen LogP contribution is -2.50. The summed E-state index contributed by atoms with van der Waals surface area (Å²) < 4.78 is 43.0. The van der Waals surface area contributed by atoms with Crippen LogP contribution in [-0.4, -0.2) is 87.2 Å². The van der Waals surface area contributed by atoms with Crippen LogP contribution in [0.3, 0.4) is 0 Å². The SMILES string of the molecule is CC1(C)O[C@H]2[C@H](n3ccc4c(Cl)ncnc43)CC3(CC(Oc4ccc5cccnc5c4)C3)[C@H]2O1.CC1(C)O[C@H]2[C@H](n3ccc4c(N)ncnc43)CC3(CC(Oc4ccc5cccnc5c4)C3)[C@H]2O1. The van der Waals surface area contributed by atoms with E-state index in [2.05, 4.69) is 75.7 Å². The number of aromatic nitrogens is 8. The Bertz CT molecular complexity index is 3040. The standard InChI is InChI=1S/C26H25ClN4O3.C26H27N5O3/c2*1-25(2)33-21-20(31-9-7-18-23(27)29-14-30-24(18)31)13-26(22(21)34-25)11-17(12-26)32-16-6-5-15-4-3-8-28-19(15)10-16/h3-10,14,17,20-22H,11-13H2,1-2H3;3-10,14,17,20-22H,11-13H2,1-2H3,(H2,27,29,30)/t2*17?,20-,21+,22+,26?/m11/s1. The van der Waals surface area contributed by atoms with Crippen molar-refractivity contribution in [1.82, 2.24) is 39.0 Å². The van der Waals surface area contributed by atoms with Gasteiger partial charge in [-0.3, -0.25) is 9.97 Å². The number of hydrogen-bond acceptors (Lipinski definition) is 13. The summed E-state index contributed by atoms with van der Waals surface area (Å²) in [6, 6.07) is 24.5. The van der Waals surface area contributed by atoms with Crippen molar-refractivity contribution in [2.75, 3.05) is 5.73 Å². The average molecular weight is 934 g/mol. The molecule has 15 nitrogen and oxygen atoms in total. The fraction of sp³-hybridized carbons (Fsp3) is 0.423. The molecule has 348 valence electrons. The third-order valence-electron chi connectivity index (χ3n) is 15.5. The molecule has 2 aliphatic heterocycles. The second kappa shape index (κ2) is 15.3. The Hall–Kier alpha value is -5.97. The van der Waals surface area contributed by atoms with Crippen LogP contribution in [-0.2, 0) is 18.9 Å². The Morgan fingerprint density at radius 2 is 1.06 bits per heavy atom. The van der Waals surface area contributed by atoms with E-state index in [4.69, 9.17) is 45.8 Å². The Kier molecular flexibility index (Phi) is 9.46. The van der Waals surface area contributed by atoms with E-state index in [9.17, 15) is 0 Å². The minimum Gasteiger partial charge on any atom is -0.490 e. The van der Waals surface area contributed by atoms with Crippen molar-refractivity contribution in [2.45, 2.75) is 127 Å². The van der Waals surface area contributed by atoms with Gasteiger partial charge in [0.05, 0.1) is 58.3 Å². The molecular formula is C52H52ClN9O6. The van der Waals surface area contributed by atoms with E-state index in [1.54, 1.807) is 0 Å². The number of ether oxygens (including phenoxy) is 6. The maximum absolute atomic E-state index is 6.49. The van der Waals surface area contributed by atoms with Gasteiger partial charge in [0.25, 0.3) is 0 Å². The topological polar surface area (TPSA) is 169 Å². The number of hydrogen-bond donors (Lipinski definition) is 1. The van der Waals surface area contributed by atoms with Gasteiger partial charge in [0.1, 0.15) is 58.6 Å². The molecule has 0 bridgehead atoms. The number of anilines is 1. The quantitative estimate of drug-likeness (QED) is 0.157. The summed E-state index contributed by atoms with van der Waals surface area (Å²) in [7, 11) is 0. The number of nitrogens with zero attached hydrogens (tertiary/aromatic N) is 8. The molecule has 2 spiro atoms. The first-order chi connectivity index (χ1) is 32.8. The second-order valence-electron chi connectivity index (χ2n) is 20.7. The number of rotatable bonds is 6. The zero-order valence-corrected chi connectivity index (χ0v) is 39.0.